The Balaban J connectivity index is 1.78. The van der Waals surface area contributed by atoms with Crippen molar-refractivity contribution in [1.29, 1.82) is 0 Å². The molecule has 0 bridgehead atoms. The standard InChI is InChI=1S/C36H30O8/c1-40-34-27-15-10-16-29(43-21-23-11-6-4-7-12-23)32(27)35(41-2)28(20-38)33(34)31-26(19-37)17-25(36(39)42-3)18-30(31)44-22-24-13-8-5-9-14-24/h4-20H,21-22H2,1-3H3. The lowest BCUT2D eigenvalue weighted by Gasteiger charge is -2.23. The van der Waals surface area contributed by atoms with E-state index in [-0.39, 0.29) is 52.5 Å². The van der Waals surface area contributed by atoms with Crippen molar-refractivity contribution < 1.29 is 38.1 Å². The minimum absolute atomic E-state index is 0.0928. The molecule has 0 unspecified atom stereocenters. The van der Waals surface area contributed by atoms with E-state index in [0.29, 0.717) is 34.8 Å². The first kappa shape index (κ1) is 29.8. The summed E-state index contributed by atoms with van der Waals surface area (Å²) in [5.41, 5.74) is 2.67. The molecule has 0 heterocycles. The number of hydrogen-bond acceptors (Lipinski definition) is 8. The maximum Gasteiger partial charge on any atom is 0.338 e. The lowest BCUT2D eigenvalue weighted by molar-refractivity contribution is 0.0600. The van der Waals surface area contributed by atoms with Crippen LogP contribution >= 0.6 is 0 Å². The van der Waals surface area contributed by atoms with E-state index in [4.69, 9.17) is 23.7 Å². The molecule has 0 N–H and O–H groups in total. The van der Waals surface area contributed by atoms with Gasteiger partial charge >= 0.3 is 5.97 Å². The smallest absolute Gasteiger partial charge is 0.338 e. The molecule has 0 atom stereocenters. The van der Waals surface area contributed by atoms with Crippen LogP contribution in [-0.2, 0) is 18.0 Å². The third-order valence-electron chi connectivity index (χ3n) is 7.17. The van der Waals surface area contributed by atoms with E-state index in [1.807, 2.05) is 72.8 Å². The number of aldehydes is 2. The van der Waals surface area contributed by atoms with Crippen LogP contribution in [0.15, 0.2) is 91.0 Å². The average Bonchev–Trinajstić information content (AvgIpc) is 3.08. The molecule has 0 saturated heterocycles. The zero-order chi connectivity index (χ0) is 31.1. The number of carbonyl (C=O) groups excluding carboxylic acids is 3. The van der Waals surface area contributed by atoms with Gasteiger partial charge in [0.15, 0.2) is 12.6 Å². The molecule has 44 heavy (non-hydrogen) atoms. The fraction of sp³-hybridized carbons (Fsp3) is 0.139. The number of benzene rings is 5. The van der Waals surface area contributed by atoms with Crippen LogP contribution in [0.1, 0.15) is 42.2 Å². The van der Waals surface area contributed by atoms with E-state index in [1.54, 1.807) is 6.07 Å². The summed E-state index contributed by atoms with van der Waals surface area (Å²) < 4.78 is 29.2. The molecular formula is C36H30O8. The van der Waals surface area contributed by atoms with Gasteiger partial charge in [-0.3, -0.25) is 9.59 Å². The fourth-order valence-electron chi connectivity index (χ4n) is 5.18. The predicted molar refractivity (Wildman–Crippen MR) is 166 cm³/mol. The number of carbonyl (C=O) groups is 3. The van der Waals surface area contributed by atoms with E-state index >= 15 is 0 Å². The SMILES string of the molecule is COC(=O)c1cc(C=O)c(-c2c(C=O)c(OC)c3c(OCc4ccccc4)cccc3c2OC)c(OCc2ccccc2)c1. The minimum Gasteiger partial charge on any atom is -0.495 e. The largest absolute Gasteiger partial charge is 0.495 e. The van der Waals surface area contributed by atoms with Crippen molar-refractivity contribution in [1.82, 2.24) is 0 Å². The molecule has 0 amide bonds. The quantitative estimate of drug-likeness (QED) is 0.112. The number of methoxy groups -OCH3 is 3. The molecule has 5 aromatic rings. The third-order valence-corrected chi connectivity index (χ3v) is 7.17. The van der Waals surface area contributed by atoms with Gasteiger partial charge in [0.05, 0.1) is 37.8 Å². The van der Waals surface area contributed by atoms with Gasteiger partial charge in [0, 0.05) is 22.1 Å². The second-order valence-corrected chi connectivity index (χ2v) is 9.75. The highest BCUT2D eigenvalue weighted by atomic mass is 16.5. The lowest BCUT2D eigenvalue weighted by Crippen LogP contribution is -2.08. The van der Waals surface area contributed by atoms with Crippen molar-refractivity contribution in [3.8, 4) is 34.1 Å². The Kier molecular flexibility index (Phi) is 9.20. The van der Waals surface area contributed by atoms with Crippen LogP contribution in [0, 0.1) is 0 Å². The van der Waals surface area contributed by atoms with Gasteiger partial charge in [-0.2, -0.15) is 0 Å². The minimum atomic E-state index is -0.650. The average molecular weight is 591 g/mol. The molecule has 5 rings (SSSR count). The summed E-state index contributed by atoms with van der Waals surface area (Å²) in [4.78, 5) is 38.1. The van der Waals surface area contributed by atoms with Crippen molar-refractivity contribution in [3.63, 3.8) is 0 Å². The van der Waals surface area contributed by atoms with Gasteiger partial charge in [-0.05, 0) is 29.3 Å². The maximum atomic E-state index is 12.9. The molecule has 0 aromatic heterocycles. The molecule has 5 aromatic carbocycles. The number of esters is 1. The number of ether oxygens (including phenoxy) is 5. The van der Waals surface area contributed by atoms with Gasteiger partial charge in [0.1, 0.15) is 36.2 Å². The Morgan fingerprint density at radius 2 is 1.27 bits per heavy atom. The molecule has 0 aliphatic rings. The van der Waals surface area contributed by atoms with Gasteiger partial charge in [0.2, 0.25) is 0 Å². The highest BCUT2D eigenvalue weighted by Crippen LogP contribution is 2.51. The summed E-state index contributed by atoms with van der Waals surface area (Å²) in [5, 5.41) is 1.11. The zero-order valence-electron chi connectivity index (χ0n) is 24.5. The Labute approximate surface area is 254 Å². The summed E-state index contributed by atoms with van der Waals surface area (Å²) >= 11 is 0. The van der Waals surface area contributed by atoms with Gasteiger partial charge in [0.25, 0.3) is 0 Å². The van der Waals surface area contributed by atoms with Crippen LogP contribution in [0.3, 0.4) is 0 Å². The Morgan fingerprint density at radius 3 is 1.82 bits per heavy atom. The normalized spacial score (nSPS) is 10.6. The molecule has 0 radical (unpaired) electrons. The predicted octanol–water partition coefficient (Wildman–Crippen LogP) is 7.09. The first-order chi connectivity index (χ1) is 21.5. The monoisotopic (exact) mass is 590 g/mol. The van der Waals surface area contributed by atoms with Crippen LogP contribution in [0.4, 0.5) is 0 Å². The second kappa shape index (κ2) is 13.6. The van der Waals surface area contributed by atoms with Crippen molar-refractivity contribution >= 4 is 29.3 Å². The lowest BCUT2D eigenvalue weighted by atomic mass is 9.89. The highest BCUT2D eigenvalue weighted by Gasteiger charge is 2.29. The Hall–Kier alpha value is -5.63. The van der Waals surface area contributed by atoms with Crippen molar-refractivity contribution in [2.75, 3.05) is 21.3 Å². The summed E-state index contributed by atoms with van der Waals surface area (Å²) in [7, 11) is 4.19. The van der Waals surface area contributed by atoms with Crippen LogP contribution in [0.2, 0.25) is 0 Å². The molecule has 0 aliphatic heterocycles. The van der Waals surface area contributed by atoms with E-state index in [0.717, 1.165) is 11.1 Å². The Morgan fingerprint density at radius 1 is 0.659 bits per heavy atom. The second-order valence-electron chi connectivity index (χ2n) is 9.75. The molecule has 222 valence electrons. The van der Waals surface area contributed by atoms with Gasteiger partial charge in [-0.1, -0.05) is 72.8 Å². The van der Waals surface area contributed by atoms with Crippen LogP contribution in [-0.4, -0.2) is 39.9 Å². The van der Waals surface area contributed by atoms with Crippen molar-refractivity contribution in [2.24, 2.45) is 0 Å². The number of hydrogen-bond donors (Lipinski definition) is 0. The molecule has 0 saturated carbocycles. The Bertz CT molecular complexity index is 1810. The molecule has 8 heteroatoms. The number of fused-ring (bicyclic) bond motifs is 1. The third kappa shape index (κ3) is 5.83. The fourth-order valence-corrected chi connectivity index (χ4v) is 5.18. The molecule has 8 nitrogen and oxygen atoms in total. The maximum absolute atomic E-state index is 12.9. The zero-order valence-corrected chi connectivity index (χ0v) is 24.5. The molecular weight excluding hydrogens is 560 g/mol. The molecule has 0 aliphatic carbocycles. The van der Waals surface area contributed by atoms with E-state index in [2.05, 4.69) is 0 Å². The highest BCUT2D eigenvalue weighted by molar-refractivity contribution is 6.12. The van der Waals surface area contributed by atoms with Gasteiger partial charge in [-0.25, -0.2) is 4.79 Å². The first-order valence-electron chi connectivity index (χ1n) is 13.8. The van der Waals surface area contributed by atoms with Crippen LogP contribution in [0.25, 0.3) is 21.9 Å². The summed E-state index contributed by atoms with van der Waals surface area (Å²) in [6.45, 7) is 0.406. The number of rotatable bonds is 12. The van der Waals surface area contributed by atoms with E-state index < -0.39 is 5.97 Å². The van der Waals surface area contributed by atoms with Gasteiger partial charge < -0.3 is 23.7 Å². The van der Waals surface area contributed by atoms with Crippen molar-refractivity contribution in [3.05, 3.63) is 119 Å². The van der Waals surface area contributed by atoms with Crippen molar-refractivity contribution in [2.45, 2.75) is 13.2 Å². The van der Waals surface area contributed by atoms with Crippen LogP contribution < -0.4 is 18.9 Å². The molecule has 0 spiro atoms. The topological polar surface area (TPSA) is 97.4 Å². The van der Waals surface area contributed by atoms with E-state index in [9.17, 15) is 14.4 Å². The first-order valence-corrected chi connectivity index (χ1v) is 13.8. The van der Waals surface area contributed by atoms with Gasteiger partial charge in [-0.15, -0.1) is 0 Å². The van der Waals surface area contributed by atoms with E-state index in [1.165, 1.54) is 33.5 Å². The van der Waals surface area contributed by atoms with Crippen LogP contribution in [0.5, 0.6) is 23.0 Å². The summed E-state index contributed by atoms with van der Waals surface area (Å²) in [5.74, 6) is 0.540. The summed E-state index contributed by atoms with van der Waals surface area (Å²) in [6, 6.07) is 27.4. The summed E-state index contributed by atoms with van der Waals surface area (Å²) in [6.07, 6.45) is 1.25. The molecule has 0 fully saturated rings.